The number of nitrogens with two attached hydrogens (primary N) is 1. The fourth-order valence-electron chi connectivity index (χ4n) is 0.789. The van der Waals surface area contributed by atoms with Gasteiger partial charge in [0.25, 0.3) is 5.92 Å². The van der Waals surface area contributed by atoms with Crippen LogP contribution in [0.4, 0.5) is 13.2 Å². The van der Waals surface area contributed by atoms with E-state index >= 15 is 0 Å². The zero-order valence-corrected chi connectivity index (χ0v) is 7.15. The molecule has 1 rings (SSSR count). The van der Waals surface area contributed by atoms with E-state index in [1.165, 1.54) is 0 Å². The molecule has 0 aromatic carbocycles. The first kappa shape index (κ1) is 10.3. The fourth-order valence-corrected chi connectivity index (χ4v) is 1.03. The summed E-state index contributed by atoms with van der Waals surface area (Å²) in [5, 5.41) is -0.433. The first-order valence-corrected chi connectivity index (χ1v) is 3.74. The Labute approximate surface area is 77.5 Å². The van der Waals surface area contributed by atoms with E-state index in [4.69, 9.17) is 17.3 Å². The molecule has 1 heterocycles. The highest BCUT2D eigenvalue weighted by molar-refractivity contribution is 6.30. The van der Waals surface area contributed by atoms with Gasteiger partial charge in [0.1, 0.15) is 11.0 Å². The van der Waals surface area contributed by atoms with Crippen LogP contribution in [0.1, 0.15) is 5.56 Å². The number of hydrogen-bond acceptors (Lipinski definition) is 2. The summed E-state index contributed by atoms with van der Waals surface area (Å²) in [5.74, 6) is -4.21. The van der Waals surface area contributed by atoms with E-state index in [-0.39, 0.29) is 0 Å². The lowest BCUT2D eigenvalue weighted by atomic mass is 10.1. The maximum atomic E-state index is 12.9. The topological polar surface area (TPSA) is 38.9 Å². The third kappa shape index (κ3) is 2.10. The zero-order chi connectivity index (χ0) is 10.1. The predicted octanol–water partition coefficient (Wildman–Crippen LogP) is 1.92. The predicted molar refractivity (Wildman–Crippen MR) is 42.2 cm³/mol. The molecule has 2 N–H and O–H groups in total. The normalized spacial score (nSPS) is 11.8. The van der Waals surface area contributed by atoms with Crippen LogP contribution in [0.3, 0.4) is 0 Å². The molecular weight excluding hydrogens is 205 g/mol. The molecule has 0 spiro atoms. The lowest BCUT2D eigenvalue weighted by Crippen LogP contribution is -2.25. The lowest BCUT2D eigenvalue weighted by Gasteiger charge is -2.14. The number of pyridine rings is 1. The molecule has 13 heavy (non-hydrogen) atoms. The molecule has 0 aliphatic heterocycles. The summed E-state index contributed by atoms with van der Waals surface area (Å²) in [6.45, 7) is -0.933. The van der Waals surface area contributed by atoms with E-state index in [1.807, 2.05) is 0 Å². The Hall–Kier alpha value is -0.810. The summed E-state index contributed by atoms with van der Waals surface area (Å²) in [4.78, 5) is 3.25. The molecule has 72 valence electrons. The second-order valence-corrected chi connectivity index (χ2v) is 2.76. The molecule has 0 saturated carbocycles. The summed E-state index contributed by atoms with van der Waals surface area (Å²) in [6, 6.07) is 0.627. The number of rotatable bonds is 2. The summed E-state index contributed by atoms with van der Waals surface area (Å²) >= 11 is 5.35. The van der Waals surface area contributed by atoms with E-state index in [2.05, 4.69) is 4.98 Å². The van der Waals surface area contributed by atoms with Crippen LogP contribution in [0.25, 0.3) is 0 Å². The Morgan fingerprint density at radius 3 is 2.69 bits per heavy atom. The first-order chi connectivity index (χ1) is 5.97. The standard InChI is InChI=1S/C7H6ClF3N2/c8-6-5(7(10,11)3-12)1-4(9)2-13-6/h1-2H,3,12H2. The smallest absolute Gasteiger partial charge is 0.288 e. The van der Waals surface area contributed by atoms with Gasteiger partial charge in [0, 0.05) is 0 Å². The van der Waals surface area contributed by atoms with Crippen molar-refractivity contribution in [2.24, 2.45) is 5.73 Å². The van der Waals surface area contributed by atoms with E-state index in [9.17, 15) is 13.2 Å². The molecule has 0 unspecified atom stereocenters. The van der Waals surface area contributed by atoms with Crippen LogP contribution in [-0.4, -0.2) is 11.5 Å². The highest BCUT2D eigenvalue weighted by Crippen LogP contribution is 2.31. The van der Waals surface area contributed by atoms with Crippen molar-refractivity contribution in [3.8, 4) is 0 Å². The number of hydrogen-bond donors (Lipinski definition) is 1. The van der Waals surface area contributed by atoms with E-state index in [0.717, 1.165) is 6.20 Å². The zero-order valence-electron chi connectivity index (χ0n) is 6.40. The van der Waals surface area contributed by atoms with Gasteiger partial charge in [-0.1, -0.05) is 11.6 Å². The van der Waals surface area contributed by atoms with Crippen molar-refractivity contribution < 1.29 is 13.2 Å². The van der Waals surface area contributed by atoms with Crippen LogP contribution < -0.4 is 5.73 Å². The average Bonchev–Trinajstić information content (AvgIpc) is 2.09. The molecule has 0 saturated heterocycles. The van der Waals surface area contributed by atoms with Gasteiger partial charge in [-0.15, -0.1) is 0 Å². The second-order valence-electron chi connectivity index (χ2n) is 2.40. The molecule has 0 bridgehead atoms. The second kappa shape index (κ2) is 3.51. The molecule has 0 radical (unpaired) electrons. The van der Waals surface area contributed by atoms with Crippen molar-refractivity contribution in [1.82, 2.24) is 4.98 Å². The maximum Gasteiger partial charge on any atom is 0.288 e. The largest absolute Gasteiger partial charge is 0.325 e. The van der Waals surface area contributed by atoms with Crippen molar-refractivity contribution in [3.05, 3.63) is 28.8 Å². The van der Waals surface area contributed by atoms with Gasteiger partial charge in [0.05, 0.1) is 18.3 Å². The Bertz CT molecular complexity index is 317. The van der Waals surface area contributed by atoms with Crippen molar-refractivity contribution in [2.75, 3.05) is 6.54 Å². The highest BCUT2D eigenvalue weighted by atomic mass is 35.5. The van der Waals surface area contributed by atoms with Gasteiger partial charge >= 0.3 is 0 Å². The minimum Gasteiger partial charge on any atom is -0.325 e. The summed E-state index contributed by atoms with van der Waals surface area (Å²) in [6.07, 6.45) is 0.762. The third-order valence-corrected chi connectivity index (χ3v) is 1.76. The molecule has 0 aliphatic carbocycles. The van der Waals surface area contributed by atoms with Crippen molar-refractivity contribution >= 4 is 11.6 Å². The van der Waals surface area contributed by atoms with Crippen LogP contribution in [0, 0.1) is 5.82 Å². The number of alkyl halides is 2. The molecule has 0 fully saturated rings. The van der Waals surface area contributed by atoms with Gasteiger partial charge in [0.15, 0.2) is 0 Å². The van der Waals surface area contributed by atoms with Crippen molar-refractivity contribution in [2.45, 2.75) is 5.92 Å². The minimum atomic E-state index is -3.34. The van der Waals surface area contributed by atoms with Gasteiger partial charge in [-0.25, -0.2) is 9.37 Å². The molecule has 1 aromatic heterocycles. The molecule has 1 aromatic rings. The quantitative estimate of drug-likeness (QED) is 0.758. The van der Waals surface area contributed by atoms with Crippen molar-refractivity contribution in [3.63, 3.8) is 0 Å². The molecule has 2 nitrogen and oxygen atoms in total. The lowest BCUT2D eigenvalue weighted by molar-refractivity contribution is 0.00541. The first-order valence-electron chi connectivity index (χ1n) is 3.37. The third-order valence-electron chi connectivity index (χ3n) is 1.46. The number of halogens is 4. The molecule has 6 heteroatoms. The Balaban J connectivity index is 3.20. The van der Waals surface area contributed by atoms with Gasteiger partial charge in [-0.2, -0.15) is 8.78 Å². The minimum absolute atomic E-state index is 0.433. The van der Waals surface area contributed by atoms with Gasteiger partial charge in [0.2, 0.25) is 0 Å². The van der Waals surface area contributed by atoms with E-state index in [1.54, 1.807) is 0 Å². The Morgan fingerprint density at radius 2 is 2.15 bits per heavy atom. The van der Waals surface area contributed by atoms with Crippen LogP contribution in [0.5, 0.6) is 0 Å². The van der Waals surface area contributed by atoms with Crippen LogP contribution in [-0.2, 0) is 5.92 Å². The van der Waals surface area contributed by atoms with Gasteiger partial charge < -0.3 is 5.73 Å². The van der Waals surface area contributed by atoms with E-state index in [0.29, 0.717) is 6.07 Å². The summed E-state index contributed by atoms with van der Waals surface area (Å²) in [7, 11) is 0. The van der Waals surface area contributed by atoms with Crippen molar-refractivity contribution in [1.29, 1.82) is 0 Å². The molecule has 0 amide bonds. The summed E-state index contributed by atoms with van der Waals surface area (Å²) in [5.41, 5.74) is 4.11. The van der Waals surface area contributed by atoms with E-state index < -0.39 is 29.0 Å². The van der Waals surface area contributed by atoms with Gasteiger partial charge in [-0.3, -0.25) is 0 Å². The monoisotopic (exact) mass is 210 g/mol. The number of aromatic nitrogens is 1. The van der Waals surface area contributed by atoms with Crippen LogP contribution >= 0.6 is 11.6 Å². The Kier molecular flexibility index (Phi) is 2.77. The SMILES string of the molecule is NCC(F)(F)c1cc(F)cnc1Cl. The fraction of sp³-hybridized carbons (Fsp3) is 0.286. The summed E-state index contributed by atoms with van der Waals surface area (Å²) < 4.78 is 38.3. The van der Waals surface area contributed by atoms with Crippen LogP contribution in [0.2, 0.25) is 5.15 Å². The van der Waals surface area contributed by atoms with Crippen LogP contribution in [0.15, 0.2) is 12.3 Å². The number of nitrogens with zero attached hydrogens (tertiary/aromatic N) is 1. The van der Waals surface area contributed by atoms with Gasteiger partial charge in [-0.05, 0) is 6.07 Å². The maximum absolute atomic E-state index is 12.9. The highest BCUT2D eigenvalue weighted by Gasteiger charge is 2.33. The Morgan fingerprint density at radius 1 is 1.54 bits per heavy atom. The average molecular weight is 211 g/mol. The molecule has 0 aliphatic rings. The molecule has 0 atom stereocenters. The molecular formula is C7H6ClF3N2.